The van der Waals surface area contributed by atoms with Crippen molar-refractivity contribution in [3.05, 3.63) is 66.1 Å². The molecule has 1 amide bonds. The third kappa shape index (κ3) is 3.36. The first-order chi connectivity index (χ1) is 12.7. The zero-order valence-corrected chi connectivity index (χ0v) is 13.9. The topological polar surface area (TPSA) is 115 Å². The van der Waals surface area contributed by atoms with Gasteiger partial charge in [-0.2, -0.15) is 10.2 Å². The second-order valence-electron chi connectivity index (χ2n) is 5.76. The van der Waals surface area contributed by atoms with E-state index in [1.54, 1.807) is 29.1 Å². The second-order valence-corrected chi connectivity index (χ2v) is 5.76. The first-order valence-electron chi connectivity index (χ1n) is 7.89. The number of nitrogens with zero attached hydrogens (tertiary/aromatic N) is 5. The van der Waals surface area contributed by atoms with Crippen LogP contribution in [0.15, 0.2) is 53.6 Å². The van der Waals surface area contributed by atoms with Crippen LogP contribution in [-0.4, -0.2) is 36.0 Å². The molecule has 0 aliphatic carbocycles. The molecule has 130 valence electrons. The molecule has 0 aliphatic rings. The van der Waals surface area contributed by atoms with Gasteiger partial charge in [0.2, 0.25) is 0 Å². The Bertz CT molecular complexity index is 1030. The lowest BCUT2D eigenvalue weighted by Crippen LogP contribution is -2.12. The number of hydrogen-bond donors (Lipinski definition) is 2. The van der Waals surface area contributed by atoms with Gasteiger partial charge < -0.3 is 9.84 Å². The maximum Gasteiger partial charge on any atom is 0.277 e. The molecule has 0 bridgehead atoms. The molecule has 9 nitrogen and oxygen atoms in total. The van der Waals surface area contributed by atoms with Crippen LogP contribution in [0.25, 0.3) is 11.4 Å². The number of carbonyl (C=O) groups excluding carboxylic acids is 1. The Morgan fingerprint density at radius 1 is 1.35 bits per heavy atom. The quantitative estimate of drug-likeness (QED) is 0.571. The summed E-state index contributed by atoms with van der Waals surface area (Å²) in [7, 11) is 0. The highest BCUT2D eigenvalue weighted by Gasteiger charge is 2.14. The van der Waals surface area contributed by atoms with Gasteiger partial charge in [0.25, 0.3) is 5.91 Å². The number of benzene rings is 1. The van der Waals surface area contributed by atoms with Gasteiger partial charge >= 0.3 is 0 Å². The summed E-state index contributed by atoms with van der Waals surface area (Å²) in [4.78, 5) is 16.5. The zero-order valence-electron chi connectivity index (χ0n) is 13.9. The van der Waals surface area contributed by atoms with E-state index in [0.717, 1.165) is 11.1 Å². The molecule has 1 aromatic carbocycles. The number of nitrogens with one attached hydrogen (secondary N) is 2. The van der Waals surface area contributed by atoms with Crippen molar-refractivity contribution in [1.29, 1.82) is 0 Å². The van der Waals surface area contributed by atoms with Crippen LogP contribution in [0.2, 0.25) is 0 Å². The fourth-order valence-electron chi connectivity index (χ4n) is 2.49. The standard InChI is InChI=1S/C17H15N7O2/c1-11-7-20-24(8-11)9-14-6-15(23-26-14)17(25)21-13-4-2-3-12(5-13)16-18-10-19-22-16/h2-8,10H,9H2,1H3,(H,21,25)(H,18,19,22). The molecule has 26 heavy (non-hydrogen) atoms. The van der Waals surface area contributed by atoms with Gasteiger partial charge in [-0.1, -0.05) is 17.3 Å². The van der Waals surface area contributed by atoms with E-state index in [-0.39, 0.29) is 11.6 Å². The Hall–Kier alpha value is -3.75. The van der Waals surface area contributed by atoms with Gasteiger partial charge in [0.05, 0.1) is 6.20 Å². The summed E-state index contributed by atoms with van der Waals surface area (Å²) in [6.07, 6.45) is 5.07. The molecule has 0 aliphatic heterocycles. The van der Waals surface area contributed by atoms with Gasteiger partial charge in [0, 0.05) is 23.5 Å². The number of aromatic nitrogens is 6. The molecule has 0 radical (unpaired) electrons. The molecule has 0 saturated heterocycles. The number of hydrogen-bond acceptors (Lipinski definition) is 6. The fraction of sp³-hybridized carbons (Fsp3) is 0.118. The van der Waals surface area contributed by atoms with Crippen LogP contribution in [-0.2, 0) is 6.54 Å². The van der Waals surface area contributed by atoms with E-state index in [4.69, 9.17) is 4.52 Å². The largest absolute Gasteiger partial charge is 0.359 e. The number of rotatable bonds is 5. The van der Waals surface area contributed by atoms with Gasteiger partial charge in [-0.3, -0.25) is 14.6 Å². The lowest BCUT2D eigenvalue weighted by Gasteiger charge is -2.04. The minimum atomic E-state index is -0.355. The van der Waals surface area contributed by atoms with Crippen molar-refractivity contribution in [2.75, 3.05) is 5.32 Å². The third-order valence-electron chi connectivity index (χ3n) is 3.68. The number of amides is 1. The van der Waals surface area contributed by atoms with Crippen LogP contribution in [0.3, 0.4) is 0 Å². The summed E-state index contributed by atoms with van der Waals surface area (Å²) >= 11 is 0. The van der Waals surface area contributed by atoms with Crippen molar-refractivity contribution < 1.29 is 9.32 Å². The molecule has 3 aromatic heterocycles. The van der Waals surface area contributed by atoms with E-state index in [0.29, 0.717) is 23.8 Å². The van der Waals surface area contributed by atoms with E-state index in [1.807, 2.05) is 25.3 Å². The lowest BCUT2D eigenvalue weighted by molar-refractivity contribution is 0.101. The third-order valence-corrected chi connectivity index (χ3v) is 3.68. The molecular formula is C17H15N7O2. The second kappa shape index (κ2) is 6.63. The molecule has 3 heterocycles. The van der Waals surface area contributed by atoms with Crippen LogP contribution >= 0.6 is 0 Å². The van der Waals surface area contributed by atoms with Crippen LogP contribution in [0, 0.1) is 6.92 Å². The number of aryl methyl sites for hydroxylation is 1. The Labute approximate surface area is 148 Å². The Balaban J connectivity index is 1.46. The van der Waals surface area contributed by atoms with E-state index >= 15 is 0 Å². The maximum atomic E-state index is 12.4. The van der Waals surface area contributed by atoms with Crippen molar-refractivity contribution in [2.24, 2.45) is 0 Å². The van der Waals surface area contributed by atoms with Crippen molar-refractivity contribution in [1.82, 2.24) is 30.1 Å². The van der Waals surface area contributed by atoms with Crippen LogP contribution in [0.1, 0.15) is 21.8 Å². The average molecular weight is 349 g/mol. The number of H-pyrrole nitrogens is 1. The molecule has 0 spiro atoms. The van der Waals surface area contributed by atoms with E-state index < -0.39 is 0 Å². The maximum absolute atomic E-state index is 12.4. The average Bonchev–Trinajstić information content (AvgIpc) is 3.38. The number of aromatic amines is 1. The molecule has 0 unspecified atom stereocenters. The van der Waals surface area contributed by atoms with Gasteiger partial charge in [0.1, 0.15) is 12.9 Å². The lowest BCUT2D eigenvalue weighted by atomic mass is 10.2. The Kier molecular flexibility index (Phi) is 4.02. The molecule has 9 heteroatoms. The van der Waals surface area contributed by atoms with Gasteiger partial charge in [-0.25, -0.2) is 4.98 Å². The highest BCUT2D eigenvalue weighted by Crippen LogP contribution is 2.19. The molecule has 4 aromatic rings. The predicted octanol–water partition coefficient (Wildman–Crippen LogP) is 2.27. The van der Waals surface area contributed by atoms with Gasteiger partial charge in [0.15, 0.2) is 17.3 Å². The number of anilines is 1. The fourth-order valence-corrected chi connectivity index (χ4v) is 2.49. The number of carbonyl (C=O) groups is 1. The molecule has 0 fully saturated rings. The highest BCUT2D eigenvalue weighted by atomic mass is 16.5. The molecule has 4 rings (SSSR count). The van der Waals surface area contributed by atoms with E-state index in [2.05, 4.69) is 30.8 Å². The summed E-state index contributed by atoms with van der Waals surface area (Å²) in [5.41, 5.74) is 2.69. The minimum absolute atomic E-state index is 0.203. The van der Waals surface area contributed by atoms with Crippen LogP contribution in [0.4, 0.5) is 5.69 Å². The monoisotopic (exact) mass is 349 g/mol. The Morgan fingerprint density at radius 2 is 2.27 bits per heavy atom. The summed E-state index contributed by atoms with van der Waals surface area (Å²) < 4.78 is 6.95. The van der Waals surface area contributed by atoms with Crippen LogP contribution < -0.4 is 5.32 Å². The highest BCUT2D eigenvalue weighted by molar-refractivity contribution is 6.03. The SMILES string of the molecule is Cc1cnn(Cc2cc(C(=O)Nc3cccc(-c4ncn[nH]4)c3)no2)c1. The zero-order chi connectivity index (χ0) is 17.9. The van der Waals surface area contributed by atoms with Crippen LogP contribution in [0.5, 0.6) is 0 Å². The molecule has 0 atom stereocenters. The van der Waals surface area contributed by atoms with E-state index in [1.165, 1.54) is 6.33 Å². The molecular weight excluding hydrogens is 334 g/mol. The van der Waals surface area contributed by atoms with Gasteiger partial charge in [-0.05, 0) is 24.6 Å². The summed E-state index contributed by atoms with van der Waals surface area (Å²) in [5.74, 6) is 0.819. The van der Waals surface area contributed by atoms with Crippen molar-refractivity contribution in [2.45, 2.75) is 13.5 Å². The molecule has 2 N–H and O–H groups in total. The summed E-state index contributed by atoms with van der Waals surface area (Å²) in [6, 6.07) is 8.88. The Morgan fingerprint density at radius 3 is 3.04 bits per heavy atom. The molecule has 0 saturated carbocycles. The summed E-state index contributed by atoms with van der Waals surface area (Å²) in [5, 5.41) is 17.4. The van der Waals surface area contributed by atoms with E-state index in [9.17, 15) is 4.79 Å². The smallest absolute Gasteiger partial charge is 0.277 e. The van der Waals surface area contributed by atoms with Crippen molar-refractivity contribution in [3.8, 4) is 11.4 Å². The first-order valence-corrected chi connectivity index (χ1v) is 7.89. The van der Waals surface area contributed by atoms with Crippen molar-refractivity contribution in [3.63, 3.8) is 0 Å². The van der Waals surface area contributed by atoms with Crippen molar-refractivity contribution >= 4 is 11.6 Å². The normalized spacial score (nSPS) is 10.8. The van der Waals surface area contributed by atoms with Gasteiger partial charge in [-0.15, -0.1) is 0 Å². The minimum Gasteiger partial charge on any atom is -0.359 e. The predicted molar refractivity (Wildman–Crippen MR) is 92.3 cm³/mol. The summed E-state index contributed by atoms with van der Waals surface area (Å²) in [6.45, 7) is 2.37. The first kappa shape index (κ1) is 15.8.